The molecule has 0 fully saturated rings. The van der Waals surface area contributed by atoms with Crippen LogP contribution in [0.5, 0.6) is 5.75 Å². The molecule has 2 aromatic carbocycles. The van der Waals surface area contributed by atoms with Crippen molar-refractivity contribution in [2.75, 3.05) is 6.61 Å². The lowest BCUT2D eigenvalue weighted by Gasteiger charge is -2.23. The fraction of sp³-hybridized carbons (Fsp3) is 0.455. The minimum atomic E-state index is -1.14. The minimum Gasteiger partial charge on any atom is -0.493 e. The summed E-state index contributed by atoms with van der Waals surface area (Å²) >= 11 is 0. The van der Waals surface area contributed by atoms with Crippen LogP contribution in [0.2, 0.25) is 0 Å². The Bertz CT molecular complexity index is 838. The average Bonchev–Trinajstić information content (AvgIpc) is 2.58. The number of carboxylic acids is 1. The lowest BCUT2D eigenvalue weighted by Crippen LogP contribution is -2.44. The second-order valence-electron chi connectivity index (χ2n) is 8.21. The van der Waals surface area contributed by atoms with Gasteiger partial charge in [0.2, 0.25) is 0 Å². The van der Waals surface area contributed by atoms with E-state index in [2.05, 4.69) is 5.32 Å². The second-order valence-corrected chi connectivity index (χ2v) is 8.21. The van der Waals surface area contributed by atoms with Gasteiger partial charge in [-0.25, -0.2) is 9.59 Å². The van der Waals surface area contributed by atoms with Gasteiger partial charge in [0, 0.05) is 12.0 Å². The van der Waals surface area contributed by atoms with Crippen LogP contribution in [0.4, 0.5) is 4.79 Å². The van der Waals surface area contributed by atoms with E-state index in [1.165, 1.54) is 0 Å². The van der Waals surface area contributed by atoms with Crippen molar-refractivity contribution in [1.82, 2.24) is 5.32 Å². The van der Waals surface area contributed by atoms with Crippen LogP contribution in [-0.4, -0.2) is 35.4 Å². The van der Waals surface area contributed by atoms with E-state index in [1.54, 1.807) is 20.8 Å². The quantitative estimate of drug-likeness (QED) is 0.736. The Hall–Kier alpha value is -2.76. The van der Waals surface area contributed by atoms with Gasteiger partial charge >= 0.3 is 12.1 Å². The molecule has 6 heteroatoms. The molecule has 0 heterocycles. The van der Waals surface area contributed by atoms with E-state index in [-0.39, 0.29) is 6.42 Å². The molecule has 0 aliphatic rings. The van der Waals surface area contributed by atoms with Crippen molar-refractivity contribution in [2.45, 2.75) is 52.7 Å². The maximum absolute atomic E-state index is 12.1. The molecule has 0 aliphatic carbocycles. The molecule has 2 N–H and O–H groups in total. The lowest BCUT2D eigenvalue weighted by atomic mass is 9.97. The Morgan fingerprint density at radius 3 is 2.39 bits per heavy atom. The van der Waals surface area contributed by atoms with Gasteiger partial charge in [0.25, 0.3) is 0 Å². The predicted octanol–water partition coefficient (Wildman–Crippen LogP) is 4.40. The first-order valence-electron chi connectivity index (χ1n) is 9.42. The third kappa shape index (κ3) is 6.15. The van der Waals surface area contributed by atoms with Crippen LogP contribution in [0, 0.1) is 5.92 Å². The van der Waals surface area contributed by atoms with Gasteiger partial charge < -0.3 is 19.9 Å². The van der Waals surface area contributed by atoms with Crippen LogP contribution in [0.1, 0.15) is 40.2 Å². The van der Waals surface area contributed by atoms with E-state index in [4.69, 9.17) is 9.47 Å². The van der Waals surface area contributed by atoms with Gasteiger partial charge in [-0.1, -0.05) is 44.2 Å². The molecule has 6 nitrogen and oxygen atoms in total. The summed E-state index contributed by atoms with van der Waals surface area (Å²) in [6.07, 6.45) is -0.673. The molecule has 0 saturated heterocycles. The van der Waals surface area contributed by atoms with Crippen LogP contribution in [0.3, 0.4) is 0 Å². The molecule has 0 aliphatic heterocycles. The predicted molar refractivity (Wildman–Crippen MR) is 109 cm³/mol. The lowest BCUT2D eigenvalue weighted by molar-refractivity contribution is -0.139. The molecule has 0 aromatic heterocycles. The van der Waals surface area contributed by atoms with Crippen LogP contribution < -0.4 is 10.1 Å². The minimum absolute atomic E-state index is 0.0867. The molecular weight excluding hydrogens is 358 g/mol. The SMILES string of the molecule is CC(C)COc1ccc2ccccc2c1CC(NC(=O)OC(C)(C)C)C(=O)O. The van der Waals surface area contributed by atoms with E-state index in [0.717, 1.165) is 16.3 Å². The number of aliphatic carboxylic acids is 1. The van der Waals surface area contributed by atoms with Crippen LogP contribution in [0.25, 0.3) is 10.8 Å². The molecule has 0 bridgehead atoms. The summed E-state index contributed by atoms with van der Waals surface area (Å²) in [7, 11) is 0. The van der Waals surface area contributed by atoms with Gasteiger partial charge in [0.05, 0.1) is 6.61 Å². The van der Waals surface area contributed by atoms with E-state index in [0.29, 0.717) is 18.3 Å². The summed E-state index contributed by atoms with van der Waals surface area (Å²) in [6, 6.07) is 10.4. The molecular formula is C22H29NO5. The molecule has 0 spiro atoms. The number of nitrogens with one attached hydrogen (secondary N) is 1. The highest BCUT2D eigenvalue weighted by molar-refractivity contribution is 5.89. The summed E-state index contributed by atoms with van der Waals surface area (Å²) in [6.45, 7) is 9.79. The number of benzene rings is 2. The third-order valence-electron chi connectivity index (χ3n) is 3.97. The molecule has 1 amide bonds. The maximum atomic E-state index is 12.1. The van der Waals surface area contributed by atoms with Gasteiger partial charge in [-0.3, -0.25) is 0 Å². The number of rotatable bonds is 7. The first-order valence-corrected chi connectivity index (χ1v) is 9.42. The summed E-state index contributed by atoms with van der Waals surface area (Å²) in [5, 5.41) is 14.0. The molecule has 2 rings (SSSR count). The van der Waals surface area contributed by atoms with Crippen molar-refractivity contribution in [2.24, 2.45) is 5.92 Å². The molecule has 1 atom stereocenters. The Morgan fingerprint density at radius 2 is 1.79 bits per heavy atom. The fourth-order valence-electron chi connectivity index (χ4n) is 2.77. The second kappa shape index (κ2) is 8.95. The van der Waals surface area contributed by atoms with Crippen LogP contribution in [-0.2, 0) is 16.0 Å². The topological polar surface area (TPSA) is 84.9 Å². The number of alkyl carbamates (subject to hydrolysis) is 1. The zero-order chi connectivity index (χ0) is 20.9. The number of carbonyl (C=O) groups is 2. The Kier molecular flexibility index (Phi) is 6.89. The van der Waals surface area contributed by atoms with E-state index in [9.17, 15) is 14.7 Å². The average molecular weight is 387 g/mol. The molecule has 28 heavy (non-hydrogen) atoms. The van der Waals surface area contributed by atoms with Gasteiger partial charge in [0.15, 0.2) is 0 Å². The van der Waals surface area contributed by atoms with Crippen molar-refractivity contribution in [3.63, 3.8) is 0 Å². The number of carboxylic acid groups (broad SMARTS) is 1. The monoisotopic (exact) mass is 387 g/mol. The normalized spacial score (nSPS) is 12.6. The molecule has 2 aromatic rings. The van der Waals surface area contributed by atoms with Crippen LogP contribution in [0.15, 0.2) is 36.4 Å². The summed E-state index contributed by atoms with van der Waals surface area (Å²) < 4.78 is 11.1. The number of fused-ring (bicyclic) bond motifs is 1. The maximum Gasteiger partial charge on any atom is 0.408 e. The standard InChI is InChI=1S/C22H29NO5/c1-14(2)13-27-19-11-10-15-8-6-7-9-16(15)17(19)12-18(20(24)25)23-21(26)28-22(3,4)5/h6-11,14,18H,12-13H2,1-5H3,(H,23,26)(H,24,25). The van der Waals surface area contributed by atoms with Crippen molar-refractivity contribution in [3.8, 4) is 5.75 Å². The van der Waals surface area contributed by atoms with E-state index >= 15 is 0 Å². The Balaban J connectivity index is 2.35. The number of carbonyl (C=O) groups excluding carboxylic acids is 1. The fourth-order valence-corrected chi connectivity index (χ4v) is 2.77. The van der Waals surface area contributed by atoms with Gasteiger partial charge in [-0.05, 0) is 43.5 Å². The third-order valence-corrected chi connectivity index (χ3v) is 3.97. The largest absolute Gasteiger partial charge is 0.493 e. The highest BCUT2D eigenvalue weighted by atomic mass is 16.6. The summed E-state index contributed by atoms with van der Waals surface area (Å²) in [5.41, 5.74) is 0.0418. The van der Waals surface area contributed by atoms with Crippen molar-refractivity contribution < 1.29 is 24.2 Å². The Morgan fingerprint density at radius 1 is 1.11 bits per heavy atom. The first kappa shape index (κ1) is 21.5. The molecule has 0 radical (unpaired) electrons. The highest BCUT2D eigenvalue weighted by Gasteiger charge is 2.26. The van der Waals surface area contributed by atoms with Gasteiger partial charge in [0.1, 0.15) is 17.4 Å². The zero-order valence-corrected chi connectivity index (χ0v) is 17.1. The van der Waals surface area contributed by atoms with E-state index < -0.39 is 23.7 Å². The van der Waals surface area contributed by atoms with Crippen molar-refractivity contribution >= 4 is 22.8 Å². The first-order chi connectivity index (χ1) is 13.1. The Labute approximate surface area is 165 Å². The van der Waals surface area contributed by atoms with Crippen molar-refractivity contribution in [3.05, 3.63) is 42.0 Å². The number of ether oxygens (including phenoxy) is 2. The molecule has 152 valence electrons. The van der Waals surface area contributed by atoms with Crippen LogP contribution >= 0.6 is 0 Å². The van der Waals surface area contributed by atoms with Crippen molar-refractivity contribution in [1.29, 1.82) is 0 Å². The van der Waals surface area contributed by atoms with Gasteiger partial charge in [-0.15, -0.1) is 0 Å². The summed E-state index contributed by atoms with van der Waals surface area (Å²) in [4.78, 5) is 23.9. The highest BCUT2D eigenvalue weighted by Crippen LogP contribution is 2.30. The molecule has 1 unspecified atom stereocenters. The number of amides is 1. The summed E-state index contributed by atoms with van der Waals surface area (Å²) in [5.74, 6) is -0.173. The zero-order valence-electron chi connectivity index (χ0n) is 17.1. The van der Waals surface area contributed by atoms with E-state index in [1.807, 2.05) is 50.2 Å². The van der Waals surface area contributed by atoms with Gasteiger partial charge in [-0.2, -0.15) is 0 Å². The number of hydrogen-bond acceptors (Lipinski definition) is 4. The molecule has 0 saturated carbocycles. The number of hydrogen-bond donors (Lipinski definition) is 2. The smallest absolute Gasteiger partial charge is 0.408 e.